The summed E-state index contributed by atoms with van der Waals surface area (Å²) in [7, 11) is 3.91. The smallest absolute Gasteiger partial charge is 0.295 e. The SMILES string of the molecule is Cc1cccc(COc2ccc(C(O)=C3C(=O)C(=O)N(CCCN(C)C)[C@H]3c3ccc(Cl)cc3)cc2)c1. The molecular weight excluding hydrogens is 488 g/mol. The van der Waals surface area contributed by atoms with E-state index in [4.69, 9.17) is 16.3 Å². The molecule has 6 nitrogen and oxygen atoms in total. The molecule has 1 amide bonds. The van der Waals surface area contributed by atoms with Crippen LogP contribution in [0.25, 0.3) is 5.76 Å². The van der Waals surface area contributed by atoms with Crippen LogP contribution in [-0.4, -0.2) is 53.8 Å². The summed E-state index contributed by atoms with van der Waals surface area (Å²) in [5.74, 6) is -0.879. The van der Waals surface area contributed by atoms with E-state index in [1.165, 1.54) is 0 Å². The van der Waals surface area contributed by atoms with Gasteiger partial charge in [-0.3, -0.25) is 9.59 Å². The van der Waals surface area contributed by atoms with Gasteiger partial charge in [-0.15, -0.1) is 0 Å². The first-order valence-corrected chi connectivity index (χ1v) is 12.6. The molecule has 4 rings (SSSR count). The summed E-state index contributed by atoms with van der Waals surface area (Å²) in [6.45, 7) is 3.60. The number of carbonyl (C=O) groups is 2. The van der Waals surface area contributed by atoms with Crippen LogP contribution in [0.5, 0.6) is 5.75 Å². The molecule has 1 fully saturated rings. The van der Waals surface area contributed by atoms with Crippen LogP contribution in [0.1, 0.15) is 34.7 Å². The number of ether oxygens (including phenoxy) is 1. The third kappa shape index (κ3) is 6.21. The zero-order valence-electron chi connectivity index (χ0n) is 21.3. The molecule has 3 aromatic rings. The molecule has 0 radical (unpaired) electrons. The number of rotatable bonds is 9. The lowest BCUT2D eigenvalue weighted by Crippen LogP contribution is -2.32. The summed E-state index contributed by atoms with van der Waals surface area (Å²) >= 11 is 6.09. The van der Waals surface area contributed by atoms with Crippen LogP contribution < -0.4 is 4.74 Å². The number of benzene rings is 3. The van der Waals surface area contributed by atoms with Gasteiger partial charge in [-0.25, -0.2) is 0 Å². The van der Waals surface area contributed by atoms with E-state index in [-0.39, 0.29) is 11.3 Å². The molecule has 192 valence electrons. The van der Waals surface area contributed by atoms with Gasteiger partial charge in [0.15, 0.2) is 0 Å². The van der Waals surface area contributed by atoms with Crippen LogP contribution in [0.2, 0.25) is 5.02 Å². The van der Waals surface area contributed by atoms with Crippen molar-refractivity contribution in [1.82, 2.24) is 9.80 Å². The average Bonchev–Trinajstić information content (AvgIpc) is 3.13. The zero-order valence-corrected chi connectivity index (χ0v) is 22.0. The van der Waals surface area contributed by atoms with Gasteiger partial charge in [0.05, 0.1) is 11.6 Å². The Labute approximate surface area is 222 Å². The summed E-state index contributed by atoms with van der Waals surface area (Å²) in [5.41, 5.74) is 3.45. The highest BCUT2D eigenvalue weighted by Gasteiger charge is 2.45. The van der Waals surface area contributed by atoms with Gasteiger partial charge in [0.1, 0.15) is 18.1 Å². The van der Waals surface area contributed by atoms with Gasteiger partial charge < -0.3 is 19.6 Å². The van der Waals surface area contributed by atoms with Crippen LogP contribution >= 0.6 is 11.6 Å². The molecule has 0 saturated carbocycles. The third-order valence-electron chi connectivity index (χ3n) is 6.35. The zero-order chi connectivity index (χ0) is 26.5. The third-order valence-corrected chi connectivity index (χ3v) is 6.60. The monoisotopic (exact) mass is 518 g/mol. The largest absolute Gasteiger partial charge is 0.507 e. The van der Waals surface area contributed by atoms with E-state index in [0.29, 0.717) is 41.5 Å². The molecule has 1 atom stereocenters. The van der Waals surface area contributed by atoms with E-state index in [1.54, 1.807) is 53.4 Å². The Bertz CT molecular complexity index is 1300. The highest BCUT2D eigenvalue weighted by atomic mass is 35.5. The van der Waals surface area contributed by atoms with E-state index < -0.39 is 17.7 Å². The van der Waals surface area contributed by atoms with Crippen molar-refractivity contribution in [1.29, 1.82) is 0 Å². The highest BCUT2D eigenvalue weighted by molar-refractivity contribution is 6.46. The number of hydrogen-bond donors (Lipinski definition) is 1. The number of nitrogens with zero attached hydrogens (tertiary/aromatic N) is 2. The first kappa shape index (κ1) is 26.5. The lowest BCUT2D eigenvalue weighted by Gasteiger charge is -2.26. The Morgan fingerprint density at radius 1 is 1.03 bits per heavy atom. The Hall–Kier alpha value is -3.61. The summed E-state index contributed by atoms with van der Waals surface area (Å²) in [6.07, 6.45) is 0.692. The first-order chi connectivity index (χ1) is 17.7. The van der Waals surface area contributed by atoms with Crippen molar-refractivity contribution in [3.63, 3.8) is 0 Å². The number of amides is 1. The summed E-state index contributed by atoms with van der Waals surface area (Å²) in [6, 6.07) is 21.3. The van der Waals surface area contributed by atoms with Crippen LogP contribution in [0.15, 0.2) is 78.4 Å². The molecule has 1 heterocycles. The molecule has 0 spiro atoms. The van der Waals surface area contributed by atoms with Gasteiger partial charge in [0.25, 0.3) is 11.7 Å². The maximum atomic E-state index is 13.2. The predicted molar refractivity (Wildman–Crippen MR) is 146 cm³/mol. The predicted octanol–water partition coefficient (Wildman–Crippen LogP) is 5.60. The molecule has 37 heavy (non-hydrogen) atoms. The summed E-state index contributed by atoms with van der Waals surface area (Å²) in [5, 5.41) is 11.8. The second kappa shape index (κ2) is 11.6. The van der Waals surface area contributed by atoms with E-state index in [0.717, 1.165) is 17.7 Å². The quantitative estimate of drug-likeness (QED) is 0.227. The van der Waals surface area contributed by atoms with Crippen molar-refractivity contribution < 1.29 is 19.4 Å². The maximum absolute atomic E-state index is 13.2. The molecule has 1 aliphatic heterocycles. The fourth-order valence-electron chi connectivity index (χ4n) is 4.49. The van der Waals surface area contributed by atoms with Crippen LogP contribution in [0.3, 0.4) is 0 Å². The molecule has 3 aromatic carbocycles. The number of aryl methyl sites for hydroxylation is 1. The molecule has 1 saturated heterocycles. The molecule has 0 bridgehead atoms. The van der Waals surface area contributed by atoms with Crippen molar-refractivity contribution in [3.8, 4) is 5.75 Å². The number of aliphatic hydroxyl groups excluding tert-OH is 1. The van der Waals surface area contributed by atoms with Crippen molar-refractivity contribution in [3.05, 3.63) is 106 Å². The lowest BCUT2D eigenvalue weighted by atomic mass is 9.95. The van der Waals surface area contributed by atoms with Gasteiger partial charge in [-0.2, -0.15) is 0 Å². The Morgan fingerprint density at radius 3 is 2.38 bits per heavy atom. The molecule has 0 aliphatic carbocycles. The standard InChI is InChI=1S/C30H31ClN2O4/c1-20-6-4-7-21(18-20)19-37-25-14-10-23(11-15-25)28(34)26-27(22-8-12-24(31)13-9-22)33(30(36)29(26)35)17-5-16-32(2)3/h4,6-15,18,27,34H,5,16-17,19H2,1-3H3/t27-/m0/s1. The molecular formula is C30H31ClN2O4. The number of Topliss-reactive ketones (excluding diaryl/α,β-unsaturated/α-hetero) is 1. The number of likely N-dealkylation sites (tertiary alicyclic amines) is 1. The van der Waals surface area contributed by atoms with Crippen LogP contribution in [0.4, 0.5) is 0 Å². The Kier molecular flexibility index (Phi) is 8.31. The second-order valence-electron chi connectivity index (χ2n) is 9.50. The number of aliphatic hydroxyl groups is 1. The number of ketones is 1. The molecule has 7 heteroatoms. The summed E-state index contributed by atoms with van der Waals surface area (Å²) < 4.78 is 5.88. The van der Waals surface area contributed by atoms with E-state index in [1.807, 2.05) is 44.1 Å². The molecule has 1 aliphatic rings. The molecule has 0 unspecified atom stereocenters. The van der Waals surface area contributed by atoms with E-state index >= 15 is 0 Å². The Morgan fingerprint density at radius 2 is 1.73 bits per heavy atom. The summed E-state index contributed by atoms with van der Waals surface area (Å²) in [4.78, 5) is 29.8. The van der Waals surface area contributed by atoms with Gasteiger partial charge >= 0.3 is 0 Å². The normalized spacial score (nSPS) is 17.0. The topological polar surface area (TPSA) is 70.1 Å². The molecule has 1 N–H and O–H groups in total. The maximum Gasteiger partial charge on any atom is 0.295 e. The van der Waals surface area contributed by atoms with Gasteiger partial charge in [-0.05, 0) is 81.5 Å². The minimum absolute atomic E-state index is 0.0746. The fraction of sp³-hybridized carbons (Fsp3) is 0.267. The average molecular weight is 519 g/mol. The lowest BCUT2D eigenvalue weighted by molar-refractivity contribution is -0.139. The van der Waals surface area contributed by atoms with Crippen molar-refractivity contribution in [2.45, 2.75) is 26.0 Å². The van der Waals surface area contributed by atoms with Crippen LogP contribution in [0, 0.1) is 6.92 Å². The van der Waals surface area contributed by atoms with Crippen LogP contribution in [-0.2, 0) is 16.2 Å². The number of halogens is 1. The van der Waals surface area contributed by atoms with Crippen molar-refractivity contribution in [2.75, 3.05) is 27.2 Å². The van der Waals surface area contributed by atoms with E-state index in [9.17, 15) is 14.7 Å². The van der Waals surface area contributed by atoms with Gasteiger partial charge in [-0.1, -0.05) is 53.6 Å². The molecule has 0 aromatic heterocycles. The van der Waals surface area contributed by atoms with Crippen molar-refractivity contribution in [2.24, 2.45) is 0 Å². The van der Waals surface area contributed by atoms with Gasteiger partial charge in [0, 0.05) is 17.1 Å². The minimum Gasteiger partial charge on any atom is -0.507 e. The highest BCUT2D eigenvalue weighted by Crippen LogP contribution is 2.40. The minimum atomic E-state index is -0.698. The van der Waals surface area contributed by atoms with E-state index in [2.05, 4.69) is 6.07 Å². The number of carbonyl (C=O) groups excluding carboxylic acids is 2. The second-order valence-corrected chi connectivity index (χ2v) is 9.94. The van der Waals surface area contributed by atoms with Crippen molar-refractivity contribution >= 4 is 29.1 Å². The van der Waals surface area contributed by atoms with Gasteiger partial charge in [0.2, 0.25) is 0 Å². The Balaban J connectivity index is 1.62. The fourth-order valence-corrected chi connectivity index (χ4v) is 4.62. The first-order valence-electron chi connectivity index (χ1n) is 12.2. The number of hydrogen-bond acceptors (Lipinski definition) is 5.